The maximum Gasteiger partial charge on any atom is 0.174 e. The Bertz CT molecular complexity index is 1270. The van der Waals surface area contributed by atoms with Gasteiger partial charge in [0.15, 0.2) is 10.5 Å². The van der Waals surface area contributed by atoms with Crippen LogP contribution in [0.4, 0.5) is 0 Å². The molecule has 0 spiro atoms. The van der Waals surface area contributed by atoms with Crippen LogP contribution in [-0.2, 0) is 11.4 Å². The molecule has 1 saturated heterocycles. The molecular formula is C24H22N6OS. The lowest BCUT2D eigenvalue weighted by Crippen LogP contribution is -2.46. The summed E-state index contributed by atoms with van der Waals surface area (Å²) in [5.41, 5.74) is 5.04. The predicted octanol–water partition coefficient (Wildman–Crippen LogP) is 3.20. The van der Waals surface area contributed by atoms with Gasteiger partial charge in [-0.1, -0.05) is 12.1 Å². The molecule has 0 saturated carbocycles. The van der Waals surface area contributed by atoms with E-state index in [2.05, 4.69) is 28.0 Å². The molecule has 32 heavy (non-hydrogen) atoms. The fourth-order valence-electron chi connectivity index (χ4n) is 3.81. The summed E-state index contributed by atoms with van der Waals surface area (Å²) in [6.45, 7) is 3.48. The quantitative estimate of drug-likeness (QED) is 0.451. The number of nitrogens with zero attached hydrogens (tertiary/aromatic N) is 6. The minimum atomic E-state index is -1.15. The van der Waals surface area contributed by atoms with E-state index in [4.69, 9.17) is 5.26 Å². The van der Waals surface area contributed by atoms with E-state index in [0.29, 0.717) is 5.56 Å². The molecule has 8 heteroatoms. The monoisotopic (exact) mass is 442 g/mol. The van der Waals surface area contributed by atoms with Crippen molar-refractivity contribution < 1.29 is 4.55 Å². The van der Waals surface area contributed by atoms with Crippen LogP contribution in [0.3, 0.4) is 0 Å². The molecule has 1 aliphatic heterocycles. The topological polar surface area (TPSA) is 83.5 Å². The molecule has 1 unspecified atom stereocenters. The first-order valence-corrected chi connectivity index (χ1v) is 11.5. The van der Waals surface area contributed by atoms with Gasteiger partial charge in [-0.3, -0.25) is 9.38 Å². The van der Waals surface area contributed by atoms with Crippen molar-refractivity contribution in [3.05, 3.63) is 72.7 Å². The second-order valence-electron chi connectivity index (χ2n) is 7.84. The minimum absolute atomic E-state index is 0.624. The third-order valence-corrected chi connectivity index (χ3v) is 7.26. The third kappa shape index (κ3) is 3.99. The first-order valence-electron chi connectivity index (χ1n) is 10.4. The van der Waals surface area contributed by atoms with E-state index in [9.17, 15) is 4.55 Å². The third-order valence-electron chi connectivity index (χ3n) is 5.75. The second kappa shape index (κ2) is 8.73. The Morgan fingerprint density at radius 2 is 1.59 bits per heavy atom. The molecular weight excluding hydrogens is 420 g/mol. The number of hydrogen-bond acceptors (Lipinski definition) is 6. The van der Waals surface area contributed by atoms with E-state index < -0.39 is 11.4 Å². The van der Waals surface area contributed by atoms with Gasteiger partial charge in [0, 0.05) is 30.4 Å². The van der Waals surface area contributed by atoms with Gasteiger partial charge < -0.3 is 9.45 Å². The molecule has 0 radical (unpaired) electrons. The Kier molecular flexibility index (Phi) is 5.64. The van der Waals surface area contributed by atoms with Crippen molar-refractivity contribution in [2.75, 3.05) is 33.2 Å². The van der Waals surface area contributed by atoms with Crippen molar-refractivity contribution >= 4 is 17.0 Å². The van der Waals surface area contributed by atoms with E-state index in [1.807, 2.05) is 57.5 Å². The number of benzene rings is 2. The first-order chi connectivity index (χ1) is 15.6. The first kappa shape index (κ1) is 20.7. The van der Waals surface area contributed by atoms with Gasteiger partial charge in [-0.05, 0) is 43.4 Å². The van der Waals surface area contributed by atoms with Gasteiger partial charge in [0.1, 0.15) is 0 Å². The van der Waals surface area contributed by atoms with Crippen LogP contribution < -0.4 is 0 Å². The molecule has 1 aliphatic rings. The number of piperazine rings is 1. The molecule has 0 N–H and O–H groups in total. The van der Waals surface area contributed by atoms with Gasteiger partial charge in [-0.15, -0.1) is 4.31 Å². The zero-order valence-electron chi connectivity index (χ0n) is 17.7. The molecule has 1 atom stereocenters. The molecule has 0 aliphatic carbocycles. The van der Waals surface area contributed by atoms with E-state index in [-0.39, 0.29) is 0 Å². The highest BCUT2D eigenvalue weighted by Gasteiger charge is 2.26. The summed E-state index contributed by atoms with van der Waals surface area (Å²) in [6.07, 6.45) is 5.52. The molecule has 7 nitrogen and oxygen atoms in total. The smallest absolute Gasteiger partial charge is 0.174 e. The van der Waals surface area contributed by atoms with Crippen molar-refractivity contribution in [2.45, 2.75) is 4.90 Å². The number of hydrogen-bond donors (Lipinski definition) is 0. The maximum atomic E-state index is 12.9. The molecule has 2 aromatic carbocycles. The average Bonchev–Trinajstić information content (AvgIpc) is 3.27. The summed E-state index contributed by atoms with van der Waals surface area (Å²) in [7, 11) is 2.09. The number of nitriles is 1. The van der Waals surface area contributed by atoms with Crippen LogP contribution in [0.15, 0.2) is 72.0 Å². The number of fused-ring (bicyclic) bond motifs is 1. The number of aromatic nitrogens is 3. The van der Waals surface area contributed by atoms with Gasteiger partial charge in [0.05, 0.1) is 59.9 Å². The zero-order chi connectivity index (χ0) is 22.1. The number of likely N-dealkylation sites (N-methyl/N-ethyl adjacent to an activating group) is 1. The van der Waals surface area contributed by atoms with Gasteiger partial charge in [-0.2, -0.15) is 5.26 Å². The van der Waals surface area contributed by atoms with E-state index in [1.165, 1.54) is 0 Å². The van der Waals surface area contributed by atoms with Gasteiger partial charge in [0.25, 0.3) is 0 Å². The van der Waals surface area contributed by atoms with Crippen LogP contribution in [0.2, 0.25) is 0 Å². The molecule has 5 rings (SSSR count). The van der Waals surface area contributed by atoms with Crippen molar-refractivity contribution in [1.82, 2.24) is 23.6 Å². The van der Waals surface area contributed by atoms with Gasteiger partial charge in [-0.25, -0.2) is 4.98 Å². The molecule has 0 bridgehead atoms. The Hall–Kier alpha value is -3.22. The van der Waals surface area contributed by atoms with Crippen LogP contribution in [0.1, 0.15) is 5.56 Å². The lowest BCUT2D eigenvalue weighted by atomic mass is 10.1. The van der Waals surface area contributed by atoms with Crippen LogP contribution in [0.25, 0.3) is 28.2 Å². The second-order valence-corrected chi connectivity index (χ2v) is 9.33. The Labute approximate surface area is 189 Å². The van der Waals surface area contributed by atoms with Crippen LogP contribution in [0, 0.1) is 11.3 Å². The summed E-state index contributed by atoms with van der Waals surface area (Å²) >= 11 is -1.15. The highest BCUT2D eigenvalue weighted by Crippen LogP contribution is 2.26. The number of rotatable bonds is 4. The zero-order valence-corrected chi connectivity index (χ0v) is 18.5. The number of imidazole rings is 1. The highest BCUT2D eigenvalue weighted by atomic mass is 32.2. The summed E-state index contributed by atoms with van der Waals surface area (Å²) in [4.78, 5) is 12.1. The van der Waals surface area contributed by atoms with Crippen molar-refractivity contribution in [3.8, 4) is 28.6 Å². The standard InChI is InChI=1S/C24H22N6OS/c1-28-10-12-29(13-11-28)32(31)21-8-6-19(7-9-21)22-17-30-23(15-27-24(30)16-26-22)20-4-2-18(14-25)3-5-20/h2-9,15-17H,10-13H2,1H3. The molecule has 1 fully saturated rings. The normalized spacial score (nSPS) is 16.2. The average molecular weight is 443 g/mol. The summed E-state index contributed by atoms with van der Waals surface area (Å²) in [6, 6.07) is 17.4. The summed E-state index contributed by atoms with van der Waals surface area (Å²) < 4.78 is 16.9. The molecule has 2 aromatic heterocycles. The minimum Gasteiger partial charge on any atom is -0.593 e. The molecule has 160 valence electrons. The van der Waals surface area contributed by atoms with Crippen molar-refractivity contribution in [2.24, 2.45) is 0 Å². The lowest BCUT2D eigenvalue weighted by molar-refractivity contribution is 0.222. The SMILES string of the molecule is CN1CCN([S+]([O-])c2ccc(-c3cn4c(-c5ccc(C#N)cc5)cnc4cn3)cc2)CC1. The van der Waals surface area contributed by atoms with Gasteiger partial charge >= 0.3 is 0 Å². The van der Waals surface area contributed by atoms with E-state index in [0.717, 1.165) is 59.2 Å². The summed E-state index contributed by atoms with van der Waals surface area (Å²) in [5.74, 6) is 0. The molecule has 0 amide bonds. The lowest BCUT2D eigenvalue weighted by Gasteiger charge is -2.31. The van der Waals surface area contributed by atoms with Crippen molar-refractivity contribution in [3.63, 3.8) is 0 Å². The predicted molar refractivity (Wildman–Crippen MR) is 124 cm³/mol. The van der Waals surface area contributed by atoms with E-state index >= 15 is 0 Å². The van der Waals surface area contributed by atoms with E-state index in [1.54, 1.807) is 18.3 Å². The highest BCUT2D eigenvalue weighted by molar-refractivity contribution is 7.89. The Balaban J connectivity index is 1.41. The molecule has 4 aromatic rings. The van der Waals surface area contributed by atoms with Crippen LogP contribution >= 0.6 is 0 Å². The summed E-state index contributed by atoms with van der Waals surface area (Å²) in [5, 5.41) is 9.03. The fraction of sp³-hybridized carbons (Fsp3) is 0.208. The Morgan fingerprint density at radius 1 is 0.906 bits per heavy atom. The van der Waals surface area contributed by atoms with Gasteiger partial charge in [0.2, 0.25) is 0 Å². The molecule has 3 heterocycles. The van der Waals surface area contributed by atoms with Crippen LogP contribution in [0.5, 0.6) is 0 Å². The van der Waals surface area contributed by atoms with Crippen LogP contribution in [-0.4, -0.2) is 61.4 Å². The maximum absolute atomic E-state index is 12.9. The Morgan fingerprint density at radius 3 is 2.28 bits per heavy atom. The largest absolute Gasteiger partial charge is 0.593 e. The van der Waals surface area contributed by atoms with Crippen molar-refractivity contribution in [1.29, 1.82) is 5.26 Å². The fourth-order valence-corrected chi connectivity index (χ4v) is 4.97.